The predicted octanol–water partition coefficient (Wildman–Crippen LogP) is 1.77. The Kier molecular flexibility index (Phi) is 7.51. The molecule has 0 aromatic heterocycles. The molecule has 1 unspecified atom stereocenters. The second-order valence-electron chi connectivity index (χ2n) is 6.80. The van der Waals surface area contributed by atoms with Gasteiger partial charge in [-0.05, 0) is 42.0 Å². The maximum absolute atomic E-state index is 12.2. The molecule has 2 atom stereocenters. The number of carboxylic acid groups (broad SMARTS) is 1. The number of nitrogens with one attached hydrogen (secondary N) is 3. The van der Waals surface area contributed by atoms with E-state index in [-0.39, 0.29) is 24.4 Å². The molecule has 30 heavy (non-hydrogen) atoms. The average molecular weight is 412 g/mol. The zero-order chi connectivity index (χ0) is 22.3. The lowest BCUT2D eigenvalue weighted by Gasteiger charge is -2.22. The van der Waals surface area contributed by atoms with Gasteiger partial charge in [0.15, 0.2) is 0 Å². The van der Waals surface area contributed by atoms with Gasteiger partial charge in [-0.15, -0.1) is 0 Å². The van der Waals surface area contributed by atoms with Crippen molar-refractivity contribution in [2.24, 2.45) is 5.73 Å². The summed E-state index contributed by atoms with van der Waals surface area (Å²) in [5, 5.41) is 31.2. The van der Waals surface area contributed by atoms with E-state index in [0.29, 0.717) is 16.8 Å². The van der Waals surface area contributed by atoms with Gasteiger partial charge in [0.2, 0.25) is 11.8 Å². The van der Waals surface area contributed by atoms with Crippen LogP contribution in [0.4, 0.5) is 5.69 Å². The van der Waals surface area contributed by atoms with Crippen molar-refractivity contribution >= 4 is 29.3 Å². The Hall–Kier alpha value is -3.88. The van der Waals surface area contributed by atoms with E-state index in [0.717, 1.165) is 0 Å². The maximum Gasteiger partial charge on any atom is 0.326 e. The fourth-order valence-corrected chi connectivity index (χ4v) is 2.80. The van der Waals surface area contributed by atoms with E-state index in [4.69, 9.17) is 11.1 Å². The zero-order valence-corrected chi connectivity index (χ0v) is 16.4. The van der Waals surface area contributed by atoms with E-state index in [1.54, 1.807) is 43.3 Å². The quantitative estimate of drug-likeness (QED) is 0.271. The van der Waals surface area contributed by atoms with Crippen LogP contribution in [0.2, 0.25) is 0 Å². The largest absolute Gasteiger partial charge is 0.508 e. The first-order valence-corrected chi connectivity index (χ1v) is 9.22. The number of nitrogens with two attached hydrogens (primary N) is 1. The molecule has 2 aromatic carbocycles. The number of carbonyl (C=O) groups is 3. The van der Waals surface area contributed by atoms with Gasteiger partial charge in [0, 0.05) is 30.0 Å². The highest BCUT2D eigenvalue weighted by molar-refractivity contribution is 5.97. The number of amides is 2. The summed E-state index contributed by atoms with van der Waals surface area (Å²) in [7, 11) is 0. The Morgan fingerprint density at radius 3 is 2.10 bits per heavy atom. The number of benzene rings is 2. The molecular formula is C21H24N4O5. The normalized spacial score (nSPS) is 12.4. The van der Waals surface area contributed by atoms with Gasteiger partial charge in [0.1, 0.15) is 17.6 Å². The van der Waals surface area contributed by atoms with Crippen LogP contribution in [0.1, 0.15) is 36.8 Å². The monoisotopic (exact) mass is 412 g/mol. The molecule has 0 heterocycles. The van der Waals surface area contributed by atoms with E-state index >= 15 is 0 Å². The van der Waals surface area contributed by atoms with Crippen molar-refractivity contribution < 1.29 is 24.6 Å². The Bertz CT molecular complexity index is 925. The fourth-order valence-electron chi connectivity index (χ4n) is 2.80. The molecule has 7 N–H and O–H groups in total. The minimum atomic E-state index is -1.20. The van der Waals surface area contributed by atoms with E-state index < -0.39 is 29.7 Å². The summed E-state index contributed by atoms with van der Waals surface area (Å²) in [4.78, 5) is 35.8. The number of rotatable bonds is 9. The summed E-state index contributed by atoms with van der Waals surface area (Å²) in [6, 6.07) is 11.3. The van der Waals surface area contributed by atoms with E-state index in [2.05, 4.69) is 10.6 Å². The molecule has 158 valence electrons. The molecule has 0 saturated carbocycles. The van der Waals surface area contributed by atoms with Crippen molar-refractivity contribution in [2.75, 3.05) is 5.32 Å². The maximum atomic E-state index is 12.2. The van der Waals surface area contributed by atoms with Crippen molar-refractivity contribution in [1.82, 2.24) is 5.32 Å². The molecular weight excluding hydrogens is 388 g/mol. The van der Waals surface area contributed by atoms with Crippen LogP contribution in [0.3, 0.4) is 0 Å². The summed E-state index contributed by atoms with van der Waals surface area (Å²) in [5.41, 5.74) is 7.03. The van der Waals surface area contributed by atoms with Crippen LogP contribution in [0.15, 0.2) is 48.5 Å². The van der Waals surface area contributed by atoms with Crippen molar-refractivity contribution in [3.05, 3.63) is 59.7 Å². The molecule has 0 aliphatic carbocycles. The first-order chi connectivity index (χ1) is 14.2. The van der Waals surface area contributed by atoms with Crippen LogP contribution in [-0.2, 0) is 14.4 Å². The summed E-state index contributed by atoms with van der Waals surface area (Å²) >= 11 is 0. The van der Waals surface area contributed by atoms with E-state index in [9.17, 15) is 24.6 Å². The summed E-state index contributed by atoms with van der Waals surface area (Å²) in [6.45, 7) is 1.66. The number of phenolic OH excluding ortho intramolecular Hbond substituents is 1. The number of phenols is 1. The van der Waals surface area contributed by atoms with Crippen molar-refractivity contribution in [3.63, 3.8) is 0 Å². The standard InChI is InChI=1S/C21H24N4O5/c1-12(13-4-8-16(26)9-5-13)19(21(29)30)25-18(28)11-10-17(27)24-15-6-2-14(3-7-15)20(22)23/h2-9,12,19,26H,10-11H2,1H3,(H3,22,23)(H,24,27)(H,25,28)(H,29,30)/t12-,19?/m0/s1. The topological polar surface area (TPSA) is 166 Å². The number of carboxylic acids is 1. The van der Waals surface area contributed by atoms with Gasteiger partial charge < -0.3 is 26.6 Å². The SMILES string of the molecule is C[C@@H](c1ccc(O)cc1)C(NC(=O)CCC(=O)Nc1ccc(C(=N)N)cc1)C(=O)O. The number of aromatic hydroxyl groups is 1. The van der Waals surface area contributed by atoms with Gasteiger partial charge >= 0.3 is 5.97 Å². The minimum Gasteiger partial charge on any atom is -0.508 e. The number of anilines is 1. The Balaban J connectivity index is 1.89. The third kappa shape index (κ3) is 6.33. The first-order valence-electron chi connectivity index (χ1n) is 9.22. The highest BCUT2D eigenvalue weighted by Crippen LogP contribution is 2.22. The Morgan fingerprint density at radius 2 is 1.57 bits per heavy atom. The molecule has 9 nitrogen and oxygen atoms in total. The smallest absolute Gasteiger partial charge is 0.326 e. The van der Waals surface area contributed by atoms with Crippen molar-refractivity contribution in [3.8, 4) is 5.75 Å². The molecule has 0 saturated heterocycles. The number of carbonyl (C=O) groups excluding carboxylic acids is 2. The Labute approximate surface area is 173 Å². The zero-order valence-electron chi connectivity index (χ0n) is 16.4. The lowest BCUT2D eigenvalue weighted by molar-refractivity contribution is -0.142. The third-order valence-corrected chi connectivity index (χ3v) is 4.56. The van der Waals surface area contributed by atoms with Gasteiger partial charge in [-0.3, -0.25) is 15.0 Å². The van der Waals surface area contributed by atoms with E-state index in [1.165, 1.54) is 12.1 Å². The van der Waals surface area contributed by atoms with Crippen LogP contribution in [0.25, 0.3) is 0 Å². The summed E-state index contributed by atoms with van der Waals surface area (Å²) in [5.74, 6) is -2.73. The van der Waals surface area contributed by atoms with Gasteiger partial charge in [0.25, 0.3) is 0 Å². The predicted molar refractivity (Wildman–Crippen MR) is 111 cm³/mol. The molecule has 9 heteroatoms. The average Bonchev–Trinajstić information content (AvgIpc) is 2.70. The van der Waals surface area contributed by atoms with Gasteiger partial charge in [-0.1, -0.05) is 19.1 Å². The molecule has 0 bridgehead atoms. The lowest BCUT2D eigenvalue weighted by atomic mass is 9.93. The van der Waals surface area contributed by atoms with Gasteiger partial charge in [-0.2, -0.15) is 0 Å². The van der Waals surface area contributed by atoms with Crippen LogP contribution >= 0.6 is 0 Å². The molecule has 0 aliphatic rings. The molecule has 2 rings (SSSR count). The van der Waals surface area contributed by atoms with Crippen molar-refractivity contribution in [2.45, 2.75) is 31.7 Å². The van der Waals surface area contributed by atoms with Crippen LogP contribution in [-0.4, -0.2) is 39.9 Å². The van der Waals surface area contributed by atoms with E-state index in [1.807, 2.05) is 0 Å². The molecule has 0 fully saturated rings. The highest BCUT2D eigenvalue weighted by atomic mass is 16.4. The first kappa shape index (κ1) is 22.4. The van der Waals surface area contributed by atoms with Crippen LogP contribution in [0.5, 0.6) is 5.75 Å². The highest BCUT2D eigenvalue weighted by Gasteiger charge is 2.27. The van der Waals surface area contributed by atoms with Crippen LogP contribution < -0.4 is 16.4 Å². The fraction of sp³-hybridized carbons (Fsp3) is 0.238. The number of hydrogen-bond donors (Lipinski definition) is 6. The Morgan fingerprint density at radius 1 is 1.00 bits per heavy atom. The summed E-state index contributed by atoms with van der Waals surface area (Å²) < 4.78 is 0. The number of hydrogen-bond acceptors (Lipinski definition) is 5. The number of aliphatic carboxylic acids is 1. The molecule has 0 radical (unpaired) electrons. The number of nitrogen functional groups attached to an aromatic ring is 1. The number of amidine groups is 1. The minimum absolute atomic E-state index is 0.0591. The van der Waals surface area contributed by atoms with Crippen LogP contribution in [0, 0.1) is 5.41 Å². The summed E-state index contributed by atoms with van der Waals surface area (Å²) in [6.07, 6.45) is -0.302. The molecule has 0 aliphatic heterocycles. The molecule has 2 amide bonds. The second-order valence-corrected chi connectivity index (χ2v) is 6.80. The lowest BCUT2D eigenvalue weighted by Crippen LogP contribution is -2.44. The third-order valence-electron chi connectivity index (χ3n) is 4.56. The van der Waals surface area contributed by atoms with Crippen molar-refractivity contribution in [1.29, 1.82) is 5.41 Å². The van der Waals surface area contributed by atoms with Gasteiger partial charge in [0.05, 0.1) is 0 Å². The second kappa shape index (κ2) is 10.1. The molecule has 2 aromatic rings. The van der Waals surface area contributed by atoms with Gasteiger partial charge in [-0.25, -0.2) is 4.79 Å². The molecule has 0 spiro atoms.